The molecule has 4 aliphatic carbocycles. The quantitative estimate of drug-likeness (QED) is 0.808. The Labute approximate surface area is 149 Å². The van der Waals surface area contributed by atoms with Crippen molar-refractivity contribution in [2.24, 2.45) is 35.5 Å². The Hall–Kier alpha value is -1.62. The number of rotatable bonds is 3. The van der Waals surface area contributed by atoms with Gasteiger partial charge in [0.1, 0.15) is 0 Å². The van der Waals surface area contributed by atoms with Crippen LogP contribution in [0.5, 0.6) is 0 Å². The third kappa shape index (κ3) is 2.32. The van der Waals surface area contributed by atoms with Crippen molar-refractivity contribution in [3.05, 3.63) is 39.9 Å². The Kier molecular flexibility index (Phi) is 3.60. The molecule has 0 saturated heterocycles. The van der Waals surface area contributed by atoms with Gasteiger partial charge in [0.15, 0.2) is 0 Å². The van der Waals surface area contributed by atoms with Crippen molar-refractivity contribution < 1.29 is 14.7 Å². The number of carboxylic acid groups (broad SMARTS) is 1. The number of allylic oxidation sites excluding steroid dienone is 2. The van der Waals surface area contributed by atoms with E-state index in [-0.39, 0.29) is 17.7 Å². The van der Waals surface area contributed by atoms with E-state index in [4.69, 9.17) is 0 Å². The van der Waals surface area contributed by atoms with E-state index >= 15 is 0 Å². The molecule has 6 atom stereocenters. The van der Waals surface area contributed by atoms with E-state index in [1.807, 2.05) is 32.1 Å². The highest BCUT2D eigenvalue weighted by atomic mass is 79.9. The molecule has 0 spiro atoms. The van der Waals surface area contributed by atoms with Crippen LogP contribution in [0.2, 0.25) is 0 Å². The lowest BCUT2D eigenvalue weighted by molar-refractivity contribution is -0.316. The number of amides is 1. The van der Waals surface area contributed by atoms with E-state index in [0.29, 0.717) is 11.8 Å². The van der Waals surface area contributed by atoms with Crippen LogP contribution in [0, 0.1) is 49.4 Å². The van der Waals surface area contributed by atoms with Gasteiger partial charge in [0.2, 0.25) is 5.91 Å². The molecule has 2 bridgehead atoms. The molecule has 1 aromatic rings. The fourth-order valence-corrected chi connectivity index (χ4v) is 5.56. The number of hydrogen-bond donors (Lipinski definition) is 1. The van der Waals surface area contributed by atoms with E-state index in [0.717, 1.165) is 27.7 Å². The van der Waals surface area contributed by atoms with E-state index in [2.05, 4.69) is 27.3 Å². The number of hydrogen-bond acceptors (Lipinski definition) is 3. The minimum atomic E-state index is -1.09. The first-order chi connectivity index (χ1) is 11.4. The van der Waals surface area contributed by atoms with Crippen LogP contribution in [-0.4, -0.2) is 11.9 Å². The summed E-state index contributed by atoms with van der Waals surface area (Å²) < 4.78 is 0.962. The fraction of sp³-hybridized carbons (Fsp3) is 0.474. The van der Waals surface area contributed by atoms with Crippen molar-refractivity contribution in [1.82, 2.24) is 0 Å². The molecule has 6 unspecified atom stereocenters. The molecule has 1 amide bonds. The highest BCUT2D eigenvalue weighted by Crippen LogP contribution is 2.63. The molecule has 5 rings (SSSR count). The monoisotopic (exact) mass is 388 g/mol. The standard InChI is InChI=1S/C19H20BrNO3/c1-8-5-10(20)6-9(2)17(8)21-18(22)15-11-3-4-12(14-7-13(11)14)16(15)19(23)24/h3-6,11-16H,7H2,1-2H3,(H,21,22)(H,23,24)/p-1. The molecule has 4 aliphatic rings. The van der Waals surface area contributed by atoms with Gasteiger partial charge >= 0.3 is 0 Å². The lowest BCUT2D eigenvalue weighted by Gasteiger charge is -2.44. The zero-order chi connectivity index (χ0) is 17.2. The zero-order valence-corrected chi connectivity index (χ0v) is 15.2. The summed E-state index contributed by atoms with van der Waals surface area (Å²) in [4.78, 5) is 24.7. The summed E-state index contributed by atoms with van der Waals surface area (Å²) in [5.74, 6) is -1.64. The Morgan fingerprint density at radius 3 is 2.17 bits per heavy atom. The molecule has 4 nitrogen and oxygen atoms in total. The third-order valence-electron chi connectivity index (χ3n) is 5.97. The molecular weight excluding hydrogens is 370 g/mol. The number of benzene rings is 1. The molecule has 2 saturated carbocycles. The maximum Gasteiger partial charge on any atom is 0.228 e. The first-order valence-corrected chi connectivity index (χ1v) is 9.14. The summed E-state index contributed by atoms with van der Waals surface area (Å²) in [6.45, 7) is 3.88. The smallest absolute Gasteiger partial charge is 0.228 e. The Morgan fingerprint density at radius 1 is 1.08 bits per heavy atom. The molecule has 24 heavy (non-hydrogen) atoms. The van der Waals surface area contributed by atoms with Crippen LogP contribution in [0.15, 0.2) is 28.8 Å². The van der Waals surface area contributed by atoms with Gasteiger partial charge in [0, 0.05) is 22.0 Å². The number of carbonyl (C=O) groups excluding carboxylic acids is 2. The number of halogens is 1. The third-order valence-corrected chi connectivity index (χ3v) is 6.43. The predicted molar refractivity (Wildman–Crippen MR) is 91.9 cm³/mol. The molecule has 0 heterocycles. The summed E-state index contributed by atoms with van der Waals surface area (Å²) in [6, 6.07) is 3.89. The van der Waals surface area contributed by atoms with Crippen LogP contribution in [0.3, 0.4) is 0 Å². The molecule has 0 radical (unpaired) electrons. The number of aryl methyl sites for hydroxylation is 2. The summed E-state index contributed by atoms with van der Waals surface area (Å²) >= 11 is 3.45. The van der Waals surface area contributed by atoms with Crippen molar-refractivity contribution in [1.29, 1.82) is 0 Å². The summed E-state index contributed by atoms with van der Waals surface area (Å²) in [7, 11) is 0. The number of carbonyl (C=O) groups is 2. The Morgan fingerprint density at radius 2 is 1.62 bits per heavy atom. The normalized spacial score (nSPS) is 35.5. The van der Waals surface area contributed by atoms with Crippen LogP contribution in [0.1, 0.15) is 17.5 Å². The summed E-state index contributed by atoms with van der Waals surface area (Å²) in [5, 5.41) is 14.7. The molecule has 0 aliphatic heterocycles. The van der Waals surface area contributed by atoms with Gasteiger partial charge < -0.3 is 15.2 Å². The second kappa shape index (κ2) is 5.45. The zero-order valence-electron chi connectivity index (χ0n) is 13.6. The van der Waals surface area contributed by atoms with Gasteiger partial charge in [-0.05, 0) is 67.2 Å². The minimum absolute atomic E-state index is 0.0268. The first-order valence-electron chi connectivity index (χ1n) is 8.35. The van der Waals surface area contributed by atoms with Crippen molar-refractivity contribution in [3.63, 3.8) is 0 Å². The lowest BCUT2D eigenvalue weighted by Crippen LogP contribution is -2.52. The topological polar surface area (TPSA) is 69.2 Å². The average Bonchev–Trinajstić information content (AvgIpc) is 3.31. The molecule has 1 aromatic carbocycles. The van der Waals surface area contributed by atoms with Crippen LogP contribution in [0.4, 0.5) is 5.69 Å². The van der Waals surface area contributed by atoms with E-state index < -0.39 is 17.8 Å². The predicted octanol–water partition coefficient (Wildman–Crippen LogP) is 2.44. The molecule has 126 valence electrons. The van der Waals surface area contributed by atoms with Crippen molar-refractivity contribution in [2.45, 2.75) is 20.3 Å². The van der Waals surface area contributed by atoms with Crippen molar-refractivity contribution >= 4 is 33.5 Å². The molecule has 1 N–H and O–H groups in total. The van der Waals surface area contributed by atoms with Gasteiger partial charge in [-0.15, -0.1) is 0 Å². The Balaban J connectivity index is 1.65. The van der Waals surface area contributed by atoms with Gasteiger partial charge in [-0.25, -0.2) is 0 Å². The first kappa shape index (κ1) is 15.9. The van der Waals surface area contributed by atoms with Crippen LogP contribution in [0.25, 0.3) is 0 Å². The molecule has 2 fully saturated rings. The number of carboxylic acids is 1. The minimum Gasteiger partial charge on any atom is -0.550 e. The average molecular weight is 389 g/mol. The van der Waals surface area contributed by atoms with Crippen LogP contribution < -0.4 is 10.4 Å². The Bertz CT molecular complexity index is 749. The summed E-state index contributed by atoms with van der Waals surface area (Å²) in [5.41, 5.74) is 2.69. The van der Waals surface area contributed by atoms with E-state index in [9.17, 15) is 14.7 Å². The number of nitrogens with one attached hydrogen (secondary N) is 1. The van der Waals surface area contributed by atoms with Gasteiger partial charge in [-0.3, -0.25) is 4.79 Å². The maximum absolute atomic E-state index is 13.0. The van der Waals surface area contributed by atoms with Crippen LogP contribution >= 0.6 is 15.9 Å². The lowest BCUT2D eigenvalue weighted by atomic mass is 9.62. The number of fused-ring (bicyclic) bond motifs is 1. The fourth-order valence-electron chi connectivity index (χ4n) is 4.87. The second-order valence-electron chi connectivity index (χ2n) is 7.38. The van der Waals surface area contributed by atoms with Crippen molar-refractivity contribution in [3.8, 4) is 0 Å². The maximum atomic E-state index is 13.0. The van der Waals surface area contributed by atoms with Crippen molar-refractivity contribution in [2.75, 3.05) is 5.32 Å². The van der Waals surface area contributed by atoms with Gasteiger partial charge in [0.25, 0.3) is 0 Å². The number of aliphatic carboxylic acids is 1. The van der Waals surface area contributed by atoms with Gasteiger partial charge in [0.05, 0.1) is 5.92 Å². The largest absolute Gasteiger partial charge is 0.550 e. The summed E-state index contributed by atoms with van der Waals surface area (Å²) in [6.07, 6.45) is 5.09. The SMILES string of the molecule is Cc1cc(Br)cc(C)c1NC(=O)C1C2C=CC(C3CC23)C1C(=O)[O-]. The highest BCUT2D eigenvalue weighted by Gasteiger charge is 2.61. The van der Waals surface area contributed by atoms with E-state index in [1.54, 1.807) is 0 Å². The number of anilines is 1. The highest BCUT2D eigenvalue weighted by molar-refractivity contribution is 9.10. The second-order valence-corrected chi connectivity index (χ2v) is 8.29. The van der Waals surface area contributed by atoms with Crippen LogP contribution in [-0.2, 0) is 9.59 Å². The molecular formula is C19H19BrNO3-. The van der Waals surface area contributed by atoms with E-state index in [1.165, 1.54) is 0 Å². The molecule has 0 aromatic heterocycles. The van der Waals surface area contributed by atoms with Gasteiger partial charge in [-0.1, -0.05) is 28.1 Å². The molecule has 5 heteroatoms. The van der Waals surface area contributed by atoms with Gasteiger partial charge in [-0.2, -0.15) is 0 Å².